The molecule has 2 aromatic heterocycles. The van der Waals surface area contributed by atoms with Gasteiger partial charge in [0.15, 0.2) is 5.13 Å². The summed E-state index contributed by atoms with van der Waals surface area (Å²) in [4.78, 5) is 12.2. The van der Waals surface area contributed by atoms with Gasteiger partial charge < -0.3 is 5.32 Å². The molecule has 2 heterocycles. The molecule has 0 aliphatic heterocycles. The fraction of sp³-hybridized carbons (Fsp3) is 0.125. The Hall–Kier alpha value is -1.49. The highest BCUT2D eigenvalue weighted by Gasteiger charge is 1.95. The van der Waals surface area contributed by atoms with Crippen LogP contribution in [0, 0.1) is 0 Å². The number of hydrogen-bond acceptors (Lipinski definition) is 5. The maximum Gasteiger partial charge on any atom is 0.182 e. The summed E-state index contributed by atoms with van der Waals surface area (Å²) in [5, 5.41) is 5.98. The number of rotatable bonds is 3. The van der Waals surface area contributed by atoms with Crippen LogP contribution >= 0.6 is 11.3 Å². The van der Waals surface area contributed by atoms with Gasteiger partial charge in [0, 0.05) is 24.0 Å². The Morgan fingerprint density at radius 2 is 2.23 bits per heavy atom. The highest BCUT2D eigenvalue weighted by atomic mass is 32.1. The van der Waals surface area contributed by atoms with E-state index in [1.165, 1.54) is 0 Å². The Labute approximate surface area is 79.7 Å². The van der Waals surface area contributed by atoms with Crippen molar-refractivity contribution in [3.63, 3.8) is 0 Å². The van der Waals surface area contributed by atoms with Crippen molar-refractivity contribution >= 4 is 16.5 Å². The molecule has 0 saturated carbocycles. The normalized spacial score (nSPS) is 9.85. The second-order valence-electron chi connectivity index (χ2n) is 2.39. The summed E-state index contributed by atoms with van der Waals surface area (Å²) in [7, 11) is 0. The van der Waals surface area contributed by atoms with Crippen LogP contribution in [0.15, 0.2) is 30.2 Å². The Morgan fingerprint density at radius 3 is 2.92 bits per heavy atom. The van der Waals surface area contributed by atoms with E-state index >= 15 is 0 Å². The molecule has 4 nitrogen and oxygen atoms in total. The third-order valence-corrected chi connectivity index (χ3v) is 2.20. The van der Waals surface area contributed by atoms with Crippen molar-refractivity contribution in [1.29, 1.82) is 0 Å². The number of hydrogen-bond donors (Lipinski definition) is 1. The van der Waals surface area contributed by atoms with E-state index in [1.807, 2.05) is 5.38 Å². The fourth-order valence-corrected chi connectivity index (χ4v) is 1.43. The van der Waals surface area contributed by atoms with Gasteiger partial charge in [0.1, 0.15) is 0 Å². The van der Waals surface area contributed by atoms with E-state index < -0.39 is 0 Å². The van der Waals surface area contributed by atoms with E-state index in [4.69, 9.17) is 0 Å². The molecule has 0 saturated heterocycles. The maximum atomic E-state index is 4.13. The van der Waals surface area contributed by atoms with Gasteiger partial charge in [0.25, 0.3) is 0 Å². The second-order valence-corrected chi connectivity index (χ2v) is 3.28. The zero-order chi connectivity index (χ0) is 8.93. The van der Waals surface area contributed by atoms with Crippen LogP contribution in [0.5, 0.6) is 0 Å². The molecule has 0 atom stereocenters. The monoisotopic (exact) mass is 192 g/mol. The van der Waals surface area contributed by atoms with Crippen LogP contribution in [0.1, 0.15) is 5.69 Å². The minimum Gasteiger partial charge on any atom is -0.356 e. The predicted molar refractivity (Wildman–Crippen MR) is 51.5 cm³/mol. The molecular weight excluding hydrogens is 184 g/mol. The van der Waals surface area contributed by atoms with Crippen molar-refractivity contribution < 1.29 is 0 Å². The summed E-state index contributed by atoms with van der Waals surface area (Å²) in [6.45, 7) is 0.668. The van der Waals surface area contributed by atoms with Gasteiger partial charge in [0.05, 0.1) is 18.4 Å². The number of nitrogens with one attached hydrogen (secondary N) is 1. The van der Waals surface area contributed by atoms with Crippen LogP contribution in [0.3, 0.4) is 0 Å². The van der Waals surface area contributed by atoms with E-state index in [2.05, 4.69) is 20.3 Å². The van der Waals surface area contributed by atoms with Crippen LogP contribution in [0.25, 0.3) is 0 Å². The van der Waals surface area contributed by atoms with E-state index in [1.54, 1.807) is 36.1 Å². The first-order valence-corrected chi connectivity index (χ1v) is 4.71. The minimum absolute atomic E-state index is 0.668. The van der Waals surface area contributed by atoms with Gasteiger partial charge in [-0.15, -0.1) is 11.3 Å². The predicted octanol–water partition coefficient (Wildman–Crippen LogP) is 1.55. The number of nitrogens with zero attached hydrogens (tertiary/aromatic N) is 3. The molecule has 0 amide bonds. The Bertz CT molecular complexity index is 346. The summed E-state index contributed by atoms with van der Waals surface area (Å²) in [6, 6.07) is 0. The topological polar surface area (TPSA) is 50.7 Å². The van der Waals surface area contributed by atoms with Gasteiger partial charge in [-0.2, -0.15) is 0 Å². The molecule has 0 fully saturated rings. The maximum absolute atomic E-state index is 4.13. The number of thiazole rings is 1. The molecule has 0 bridgehead atoms. The standard InChI is InChI=1S/C8H8N4S/c1-2-10-7(5-9-1)6-12-8-11-3-4-13-8/h1-5H,6H2,(H,11,12). The van der Waals surface area contributed by atoms with Crippen molar-refractivity contribution in [1.82, 2.24) is 15.0 Å². The van der Waals surface area contributed by atoms with E-state index in [9.17, 15) is 0 Å². The lowest BCUT2D eigenvalue weighted by Crippen LogP contribution is -2.00. The molecule has 2 rings (SSSR count). The Balaban J connectivity index is 1.94. The summed E-state index contributed by atoms with van der Waals surface area (Å²) < 4.78 is 0. The fourth-order valence-electron chi connectivity index (χ4n) is 0.898. The van der Waals surface area contributed by atoms with Crippen LogP contribution in [-0.2, 0) is 6.54 Å². The van der Waals surface area contributed by atoms with Crippen molar-refractivity contribution in [3.8, 4) is 0 Å². The molecule has 66 valence electrons. The highest BCUT2D eigenvalue weighted by Crippen LogP contribution is 2.10. The van der Waals surface area contributed by atoms with Gasteiger partial charge in [-0.25, -0.2) is 4.98 Å². The molecule has 1 N–H and O–H groups in total. The number of anilines is 1. The Morgan fingerprint density at radius 1 is 1.23 bits per heavy atom. The molecular formula is C8H8N4S. The molecule has 0 aromatic carbocycles. The smallest absolute Gasteiger partial charge is 0.182 e. The van der Waals surface area contributed by atoms with Crippen molar-refractivity contribution in [3.05, 3.63) is 35.9 Å². The van der Waals surface area contributed by atoms with Gasteiger partial charge in [-0.1, -0.05) is 0 Å². The summed E-state index contributed by atoms with van der Waals surface area (Å²) >= 11 is 1.57. The van der Waals surface area contributed by atoms with Crippen molar-refractivity contribution in [2.75, 3.05) is 5.32 Å². The van der Waals surface area contributed by atoms with Gasteiger partial charge >= 0.3 is 0 Å². The lowest BCUT2D eigenvalue weighted by atomic mass is 10.4. The zero-order valence-electron chi connectivity index (χ0n) is 6.84. The van der Waals surface area contributed by atoms with E-state index in [0.717, 1.165) is 10.8 Å². The van der Waals surface area contributed by atoms with E-state index in [-0.39, 0.29) is 0 Å². The minimum atomic E-state index is 0.668. The summed E-state index contributed by atoms with van der Waals surface area (Å²) in [5.41, 5.74) is 0.915. The first kappa shape index (κ1) is 8.12. The molecule has 13 heavy (non-hydrogen) atoms. The molecule has 0 radical (unpaired) electrons. The first-order valence-electron chi connectivity index (χ1n) is 3.83. The second kappa shape index (κ2) is 3.95. The van der Waals surface area contributed by atoms with Crippen LogP contribution in [0.4, 0.5) is 5.13 Å². The quantitative estimate of drug-likeness (QED) is 0.801. The molecule has 0 spiro atoms. The van der Waals surface area contributed by atoms with Crippen LogP contribution in [-0.4, -0.2) is 15.0 Å². The number of aromatic nitrogens is 3. The lowest BCUT2D eigenvalue weighted by molar-refractivity contribution is 1.00. The molecule has 5 heteroatoms. The van der Waals surface area contributed by atoms with Gasteiger partial charge in [-0.05, 0) is 0 Å². The molecule has 2 aromatic rings. The third kappa shape index (κ3) is 2.22. The average molecular weight is 192 g/mol. The first-order chi connectivity index (χ1) is 6.45. The Kier molecular flexibility index (Phi) is 2.47. The van der Waals surface area contributed by atoms with Crippen molar-refractivity contribution in [2.24, 2.45) is 0 Å². The molecule has 0 aliphatic rings. The van der Waals surface area contributed by atoms with Gasteiger partial charge in [-0.3, -0.25) is 9.97 Å². The lowest BCUT2D eigenvalue weighted by Gasteiger charge is -1.99. The summed E-state index contributed by atoms with van der Waals surface area (Å²) in [6.07, 6.45) is 6.84. The van der Waals surface area contributed by atoms with E-state index in [0.29, 0.717) is 6.54 Å². The SMILES string of the molecule is c1cnc(CNc2nccs2)cn1. The third-order valence-electron chi connectivity index (χ3n) is 1.47. The van der Waals surface area contributed by atoms with Crippen LogP contribution < -0.4 is 5.32 Å². The van der Waals surface area contributed by atoms with Crippen LogP contribution in [0.2, 0.25) is 0 Å². The zero-order valence-corrected chi connectivity index (χ0v) is 7.66. The highest BCUT2D eigenvalue weighted by molar-refractivity contribution is 7.13. The summed E-state index contributed by atoms with van der Waals surface area (Å²) in [5.74, 6) is 0. The van der Waals surface area contributed by atoms with Crippen molar-refractivity contribution in [2.45, 2.75) is 6.54 Å². The molecule has 0 aliphatic carbocycles. The average Bonchev–Trinajstić information content (AvgIpc) is 2.69. The van der Waals surface area contributed by atoms with Gasteiger partial charge in [0.2, 0.25) is 0 Å². The largest absolute Gasteiger partial charge is 0.356 e. The molecule has 0 unspecified atom stereocenters.